The van der Waals surface area contributed by atoms with Crippen molar-refractivity contribution in [1.82, 2.24) is 14.7 Å². The van der Waals surface area contributed by atoms with Crippen molar-refractivity contribution in [2.75, 3.05) is 0 Å². The predicted octanol–water partition coefficient (Wildman–Crippen LogP) is 4.51. The molecule has 0 bridgehead atoms. The fraction of sp³-hybridized carbons (Fsp3) is 0.385. The van der Waals surface area contributed by atoms with E-state index in [1.807, 2.05) is 35.7 Å². The summed E-state index contributed by atoms with van der Waals surface area (Å²) in [5.41, 5.74) is -1.76. The molecular weight excluding hydrogens is 482 g/mol. The lowest BCUT2D eigenvalue weighted by Crippen LogP contribution is -2.58. The highest BCUT2D eigenvalue weighted by Crippen LogP contribution is 2.50. The summed E-state index contributed by atoms with van der Waals surface area (Å²) in [5, 5.41) is 16.3. The molecule has 1 aromatic carbocycles. The average molecular weight is 512 g/mol. The van der Waals surface area contributed by atoms with E-state index in [4.69, 9.17) is 9.47 Å². The van der Waals surface area contributed by atoms with Crippen LogP contribution in [0.2, 0.25) is 0 Å². The number of carbonyl (C=O) groups excluding carboxylic acids is 2. The molecule has 4 rings (SSSR count). The van der Waals surface area contributed by atoms with Crippen LogP contribution in [0.4, 0.5) is 4.79 Å². The fourth-order valence-corrected chi connectivity index (χ4v) is 5.41. The van der Waals surface area contributed by atoms with Gasteiger partial charge < -0.3 is 14.6 Å². The minimum atomic E-state index is -1.66. The summed E-state index contributed by atoms with van der Waals surface area (Å²) < 4.78 is 13.0. The Morgan fingerprint density at radius 2 is 1.89 bits per heavy atom. The number of hydrogen-bond acceptors (Lipinski definition) is 7. The van der Waals surface area contributed by atoms with E-state index in [1.165, 1.54) is 20.9 Å². The van der Waals surface area contributed by atoms with Gasteiger partial charge in [0, 0.05) is 17.3 Å². The molecule has 3 aromatic rings. The predicted molar refractivity (Wildman–Crippen MR) is 132 cm³/mol. The smallest absolute Gasteiger partial charge is 0.411 e. The van der Waals surface area contributed by atoms with Crippen molar-refractivity contribution < 1.29 is 29.0 Å². The van der Waals surface area contributed by atoms with Gasteiger partial charge in [0.15, 0.2) is 5.54 Å². The van der Waals surface area contributed by atoms with Crippen LogP contribution < -0.4 is 0 Å². The molecule has 0 aliphatic carbocycles. The van der Waals surface area contributed by atoms with Gasteiger partial charge in [-0.1, -0.05) is 36.4 Å². The second-order valence-corrected chi connectivity index (χ2v) is 10.7. The number of esters is 1. The van der Waals surface area contributed by atoms with Gasteiger partial charge in [0.2, 0.25) is 0 Å². The van der Waals surface area contributed by atoms with E-state index >= 15 is 0 Å². The van der Waals surface area contributed by atoms with Crippen LogP contribution in [0.5, 0.6) is 0 Å². The molecule has 10 heteroatoms. The molecule has 0 radical (unpaired) electrons. The number of rotatable bonds is 7. The van der Waals surface area contributed by atoms with Crippen molar-refractivity contribution in [2.24, 2.45) is 5.92 Å². The number of aromatic nitrogens is 2. The maximum Gasteiger partial charge on any atom is 0.411 e. The largest absolute Gasteiger partial charge is 0.481 e. The zero-order valence-corrected chi connectivity index (χ0v) is 21.2. The number of carboxylic acid groups (broad SMARTS) is 1. The second kappa shape index (κ2) is 10.1. The third-order valence-electron chi connectivity index (χ3n) is 5.99. The summed E-state index contributed by atoms with van der Waals surface area (Å²) in [6, 6.07) is 13.5. The van der Waals surface area contributed by atoms with Crippen LogP contribution in [-0.2, 0) is 32.2 Å². The molecule has 1 N–H and O–H groups in total. The van der Waals surface area contributed by atoms with Gasteiger partial charge in [0.05, 0.1) is 18.5 Å². The fourth-order valence-electron chi connectivity index (χ4n) is 4.53. The highest BCUT2D eigenvalue weighted by molar-refractivity contribution is 7.10. The minimum Gasteiger partial charge on any atom is -0.481 e. The van der Waals surface area contributed by atoms with Gasteiger partial charge in [0.1, 0.15) is 12.2 Å². The van der Waals surface area contributed by atoms with Crippen molar-refractivity contribution in [3.63, 3.8) is 0 Å². The van der Waals surface area contributed by atoms with Crippen molar-refractivity contribution in [3.05, 3.63) is 76.7 Å². The van der Waals surface area contributed by atoms with E-state index in [2.05, 4.69) is 5.10 Å². The zero-order valence-electron chi connectivity index (χ0n) is 20.4. The first-order valence-electron chi connectivity index (χ1n) is 11.6. The molecule has 0 saturated carbocycles. The summed E-state index contributed by atoms with van der Waals surface area (Å²) in [6.07, 6.45) is 2.27. The lowest BCUT2D eigenvalue weighted by molar-refractivity contribution is -0.169. The lowest BCUT2D eigenvalue weighted by atomic mass is 9.90. The van der Waals surface area contributed by atoms with Crippen molar-refractivity contribution in [3.8, 4) is 0 Å². The molecule has 2 aromatic heterocycles. The Labute approximate surface area is 213 Å². The highest BCUT2D eigenvalue weighted by Gasteiger charge is 2.63. The quantitative estimate of drug-likeness (QED) is 0.465. The van der Waals surface area contributed by atoms with Crippen LogP contribution in [0.1, 0.15) is 43.7 Å². The normalized spacial score (nSPS) is 21.8. The number of carbonyl (C=O) groups is 3. The van der Waals surface area contributed by atoms with Gasteiger partial charge in [-0.3, -0.25) is 14.4 Å². The van der Waals surface area contributed by atoms with Crippen LogP contribution in [0.25, 0.3) is 0 Å². The standard InChI is InChI=1S/C26H29N3O6S/c1-25(2,3)35-23(32)26(17-28-13-8-12-27-28)15-19(22(30)31)21(20-11-7-14-36-20)29(26)24(33)34-16-18-9-5-4-6-10-18/h4-14,19,21H,15-17H2,1-3H3,(H,30,31)/t19-,21-,26+/m0/s1. The molecule has 3 heterocycles. The molecule has 36 heavy (non-hydrogen) atoms. The molecular formula is C26H29N3O6S. The summed E-state index contributed by atoms with van der Waals surface area (Å²) >= 11 is 1.32. The number of aliphatic carboxylic acids is 1. The second-order valence-electron chi connectivity index (χ2n) is 9.76. The molecule has 0 spiro atoms. The van der Waals surface area contributed by atoms with E-state index in [0.717, 1.165) is 5.56 Å². The van der Waals surface area contributed by atoms with Gasteiger partial charge in [0.25, 0.3) is 0 Å². The van der Waals surface area contributed by atoms with Crippen LogP contribution >= 0.6 is 11.3 Å². The molecule has 1 amide bonds. The lowest BCUT2D eigenvalue weighted by Gasteiger charge is -2.39. The first kappa shape index (κ1) is 25.4. The molecule has 1 aliphatic heterocycles. The number of benzene rings is 1. The molecule has 9 nitrogen and oxygen atoms in total. The van der Waals surface area contributed by atoms with E-state index in [9.17, 15) is 19.5 Å². The van der Waals surface area contributed by atoms with Crippen LogP contribution in [-0.4, -0.2) is 49.0 Å². The van der Waals surface area contributed by atoms with E-state index in [1.54, 1.807) is 51.4 Å². The highest BCUT2D eigenvalue weighted by atomic mass is 32.1. The molecule has 190 valence electrons. The van der Waals surface area contributed by atoms with E-state index < -0.39 is 41.1 Å². The summed E-state index contributed by atoms with van der Waals surface area (Å²) in [4.78, 5) is 42.1. The van der Waals surface area contributed by atoms with Gasteiger partial charge in [-0.05, 0) is 50.3 Å². The number of amides is 1. The van der Waals surface area contributed by atoms with Gasteiger partial charge in [-0.25, -0.2) is 9.59 Å². The topological polar surface area (TPSA) is 111 Å². The van der Waals surface area contributed by atoms with Gasteiger partial charge in [-0.2, -0.15) is 5.10 Å². The monoisotopic (exact) mass is 511 g/mol. The summed E-state index contributed by atoms with van der Waals surface area (Å²) in [5.74, 6) is -2.87. The summed E-state index contributed by atoms with van der Waals surface area (Å²) in [7, 11) is 0. The van der Waals surface area contributed by atoms with Crippen LogP contribution in [0.15, 0.2) is 66.3 Å². The number of likely N-dealkylation sites (tertiary alicyclic amines) is 1. The number of nitrogens with zero attached hydrogens (tertiary/aromatic N) is 3. The Kier molecular flexibility index (Phi) is 7.16. The Bertz CT molecular complexity index is 1190. The molecule has 1 saturated heterocycles. The number of ether oxygens (including phenoxy) is 2. The number of hydrogen-bond donors (Lipinski definition) is 1. The van der Waals surface area contributed by atoms with Crippen molar-refractivity contribution in [1.29, 1.82) is 0 Å². The molecule has 1 aliphatic rings. The van der Waals surface area contributed by atoms with E-state index in [0.29, 0.717) is 4.88 Å². The van der Waals surface area contributed by atoms with Crippen LogP contribution in [0.3, 0.4) is 0 Å². The number of thiophene rings is 1. The van der Waals surface area contributed by atoms with Crippen molar-refractivity contribution in [2.45, 2.75) is 57.5 Å². The van der Waals surface area contributed by atoms with E-state index in [-0.39, 0.29) is 19.6 Å². The third-order valence-corrected chi connectivity index (χ3v) is 6.94. The Balaban J connectivity index is 1.82. The number of carboxylic acids is 1. The summed E-state index contributed by atoms with van der Waals surface area (Å²) in [6.45, 7) is 5.07. The SMILES string of the molecule is CC(C)(C)OC(=O)[C@]1(Cn2cccn2)C[C@H](C(=O)O)[C@@H](c2cccs2)N1C(=O)OCc1ccccc1. The molecule has 0 unspecified atom stereocenters. The van der Waals surface area contributed by atoms with Crippen molar-refractivity contribution >= 4 is 29.4 Å². The average Bonchev–Trinajstić information content (AvgIpc) is 3.58. The first-order valence-corrected chi connectivity index (χ1v) is 12.5. The maximum absolute atomic E-state index is 13.9. The zero-order chi connectivity index (χ0) is 25.9. The Morgan fingerprint density at radius 3 is 2.47 bits per heavy atom. The Morgan fingerprint density at radius 1 is 1.14 bits per heavy atom. The first-order chi connectivity index (χ1) is 17.1. The van der Waals surface area contributed by atoms with Gasteiger partial charge >= 0.3 is 18.0 Å². The molecule has 3 atom stereocenters. The third kappa shape index (κ3) is 5.28. The maximum atomic E-state index is 13.9. The minimum absolute atomic E-state index is 0.0305. The molecule has 1 fully saturated rings. The van der Waals surface area contributed by atoms with Gasteiger partial charge in [-0.15, -0.1) is 11.3 Å². The Hall–Kier alpha value is -3.66. The van der Waals surface area contributed by atoms with Crippen LogP contribution in [0, 0.1) is 5.92 Å².